The highest BCUT2D eigenvalue weighted by Crippen LogP contribution is 2.21. The van der Waals surface area contributed by atoms with Crippen LogP contribution >= 0.6 is 0 Å². The fourth-order valence-electron chi connectivity index (χ4n) is 2.47. The van der Waals surface area contributed by atoms with E-state index < -0.39 is 0 Å². The minimum absolute atomic E-state index is 0.0914. The van der Waals surface area contributed by atoms with Crippen molar-refractivity contribution in [3.8, 4) is 5.82 Å². The molecule has 1 amide bonds. The number of amides is 1. The number of nitrogens with one attached hydrogen (secondary N) is 1. The standard InChI is InChI=1S/C17H18N4O2/c1-12(11-23-2)19-17(22)16-13-7-3-4-8-14(13)21(20-16)15-9-5-6-10-18-15/h3-10,12H,11H2,1-2H3,(H,19,22). The third-order valence-electron chi connectivity index (χ3n) is 3.46. The van der Waals surface area contributed by atoms with Crippen LogP contribution in [0.25, 0.3) is 16.7 Å². The molecular weight excluding hydrogens is 292 g/mol. The summed E-state index contributed by atoms with van der Waals surface area (Å²) in [6.45, 7) is 2.34. The Hall–Kier alpha value is -2.73. The van der Waals surface area contributed by atoms with Gasteiger partial charge in [0.15, 0.2) is 11.5 Å². The van der Waals surface area contributed by atoms with Crippen LogP contribution in [-0.4, -0.2) is 40.4 Å². The van der Waals surface area contributed by atoms with Crippen molar-refractivity contribution in [3.63, 3.8) is 0 Å². The minimum atomic E-state index is -0.222. The number of methoxy groups -OCH3 is 1. The summed E-state index contributed by atoms with van der Waals surface area (Å²) in [7, 11) is 1.61. The van der Waals surface area contributed by atoms with Crippen LogP contribution in [0.2, 0.25) is 0 Å². The topological polar surface area (TPSA) is 69.0 Å². The monoisotopic (exact) mass is 310 g/mol. The van der Waals surface area contributed by atoms with Crippen LogP contribution < -0.4 is 5.32 Å². The quantitative estimate of drug-likeness (QED) is 0.784. The van der Waals surface area contributed by atoms with Gasteiger partial charge in [-0.15, -0.1) is 0 Å². The van der Waals surface area contributed by atoms with Crippen molar-refractivity contribution < 1.29 is 9.53 Å². The van der Waals surface area contributed by atoms with Crippen molar-refractivity contribution in [1.29, 1.82) is 0 Å². The van der Waals surface area contributed by atoms with Gasteiger partial charge in [-0.3, -0.25) is 4.79 Å². The molecule has 118 valence electrons. The zero-order valence-corrected chi connectivity index (χ0v) is 13.1. The van der Waals surface area contributed by atoms with Crippen LogP contribution in [0.5, 0.6) is 0 Å². The number of carbonyl (C=O) groups is 1. The average molecular weight is 310 g/mol. The number of benzene rings is 1. The minimum Gasteiger partial charge on any atom is -0.383 e. The van der Waals surface area contributed by atoms with Gasteiger partial charge in [0.2, 0.25) is 0 Å². The SMILES string of the molecule is COCC(C)NC(=O)c1nn(-c2ccccn2)c2ccccc12. The van der Waals surface area contributed by atoms with E-state index in [9.17, 15) is 4.79 Å². The maximum absolute atomic E-state index is 12.5. The summed E-state index contributed by atoms with van der Waals surface area (Å²) in [6.07, 6.45) is 1.70. The van der Waals surface area contributed by atoms with Gasteiger partial charge in [-0.05, 0) is 25.1 Å². The predicted molar refractivity (Wildman–Crippen MR) is 87.7 cm³/mol. The van der Waals surface area contributed by atoms with Gasteiger partial charge in [0.25, 0.3) is 5.91 Å². The molecule has 1 N–H and O–H groups in total. The molecule has 6 heteroatoms. The van der Waals surface area contributed by atoms with Crippen LogP contribution in [0.15, 0.2) is 48.7 Å². The average Bonchev–Trinajstić information content (AvgIpc) is 2.95. The fraction of sp³-hybridized carbons (Fsp3) is 0.235. The first-order valence-corrected chi connectivity index (χ1v) is 7.39. The second-order valence-electron chi connectivity index (χ2n) is 5.30. The van der Waals surface area contributed by atoms with Gasteiger partial charge in [-0.2, -0.15) is 5.10 Å². The summed E-state index contributed by atoms with van der Waals surface area (Å²) in [4.78, 5) is 16.8. The van der Waals surface area contributed by atoms with E-state index in [0.29, 0.717) is 18.1 Å². The van der Waals surface area contributed by atoms with Gasteiger partial charge in [0, 0.05) is 24.7 Å². The molecular formula is C17H18N4O2. The number of nitrogens with zero attached hydrogens (tertiary/aromatic N) is 3. The Balaban J connectivity index is 2.03. The van der Waals surface area contributed by atoms with Crippen molar-refractivity contribution in [2.75, 3.05) is 13.7 Å². The first-order valence-electron chi connectivity index (χ1n) is 7.39. The molecule has 1 atom stereocenters. The van der Waals surface area contributed by atoms with Crippen LogP contribution in [-0.2, 0) is 4.74 Å². The molecule has 3 rings (SSSR count). The van der Waals surface area contributed by atoms with E-state index in [2.05, 4.69) is 15.4 Å². The molecule has 1 unspecified atom stereocenters. The van der Waals surface area contributed by atoms with Gasteiger partial charge in [-0.1, -0.05) is 24.3 Å². The molecule has 0 aliphatic rings. The number of hydrogen-bond donors (Lipinski definition) is 1. The third kappa shape index (κ3) is 3.07. The van der Waals surface area contributed by atoms with Crippen molar-refractivity contribution in [2.45, 2.75) is 13.0 Å². The van der Waals surface area contributed by atoms with Crippen LogP contribution in [0.4, 0.5) is 0 Å². The smallest absolute Gasteiger partial charge is 0.272 e. The molecule has 0 saturated carbocycles. The summed E-state index contributed by atoms with van der Waals surface area (Å²) < 4.78 is 6.74. The van der Waals surface area contributed by atoms with Gasteiger partial charge in [0.05, 0.1) is 12.1 Å². The van der Waals surface area contributed by atoms with E-state index >= 15 is 0 Å². The zero-order chi connectivity index (χ0) is 16.2. The van der Waals surface area contributed by atoms with Gasteiger partial charge in [0.1, 0.15) is 0 Å². The molecule has 0 radical (unpaired) electrons. The molecule has 0 fully saturated rings. The highest BCUT2D eigenvalue weighted by molar-refractivity contribution is 6.05. The lowest BCUT2D eigenvalue weighted by Gasteiger charge is -2.11. The summed E-state index contributed by atoms with van der Waals surface area (Å²) in [5, 5.41) is 8.16. The molecule has 2 heterocycles. The van der Waals surface area contributed by atoms with Crippen LogP contribution in [0.3, 0.4) is 0 Å². The Morgan fingerprint density at radius 2 is 2.04 bits per heavy atom. The lowest BCUT2D eigenvalue weighted by molar-refractivity contribution is 0.0901. The molecule has 3 aromatic rings. The first-order chi connectivity index (χ1) is 11.2. The Kier molecular flexibility index (Phi) is 4.34. The number of fused-ring (bicyclic) bond motifs is 1. The molecule has 0 aliphatic heterocycles. The maximum atomic E-state index is 12.5. The fourth-order valence-corrected chi connectivity index (χ4v) is 2.47. The lowest BCUT2D eigenvalue weighted by atomic mass is 10.2. The Morgan fingerprint density at radius 3 is 2.78 bits per heavy atom. The summed E-state index contributed by atoms with van der Waals surface area (Å²) >= 11 is 0. The van der Waals surface area contributed by atoms with Crippen molar-refractivity contribution in [2.24, 2.45) is 0 Å². The van der Waals surface area contributed by atoms with Crippen LogP contribution in [0, 0.1) is 0 Å². The number of hydrogen-bond acceptors (Lipinski definition) is 4. The first kappa shape index (κ1) is 15.2. The van der Waals surface area contributed by atoms with Crippen molar-refractivity contribution >= 4 is 16.8 Å². The normalized spacial score (nSPS) is 12.3. The predicted octanol–water partition coefficient (Wildman–Crippen LogP) is 2.19. The number of para-hydroxylation sites is 1. The van der Waals surface area contributed by atoms with Crippen molar-refractivity contribution in [1.82, 2.24) is 20.1 Å². The lowest BCUT2D eigenvalue weighted by Crippen LogP contribution is -2.36. The molecule has 0 spiro atoms. The van der Waals surface area contributed by atoms with Gasteiger partial charge < -0.3 is 10.1 Å². The molecule has 0 bridgehead atoms. The second-order valence-corrected chi connectivity index (χ2v) is 5.30. The molecule has 6 nitrogen and oxygen atoms in total. The number of carbonyl (C=O) groups excluding carboxylic acids is 1. The number of ether oxygens (including phenoxy) is 1. The molecule has 0 aliphatic carbocycles. The number of pyridine rings is 1. The highest BCUT2D eigenvalue weighted by atomic mass is 16.5. The molecule has 1 aromatic carbocycles. The Bertz CT molecular complexity index is 814. The third-order valence-corrected chi connectivity index (χ3v) is 3.46. The zero-order valence-electron chi connectivity index (χ0n) is 13.1. The van der Waals surface area contributed by atoms with Gasteiger partial charge >= 0.3 is 0 Å². The van der Waals surface area contributed by atoms with E-state index in [1.54, 1.807) is 18.0 Å². The maximum Gasteiger partial charge on any atom is 0.272 e. The molecule has 0 saturated heterocycles. The van der Waals surface area contributed by atoms with Crippen LogP contribution in [0.1, 0.15) is 17.4 Å². The van der Waals surface area contributed by atoms with Crippen molar-refractivity contribution in [3.05, 3.63) is 54.4 Å². The van der Waals surface area contributed by atoms with E-state index in [1.165, 1.54) is 0 Å². The van der Waals surface area contributed by atoms with E-state index in [-0.39, 0.29) is 11.9 Å². The molecule has 23 heavy (non-hydrogen) atoms. The van der Waals surface area contributed by atoms with Gasteiger partial charge in [-0.25, -0.2) is 9.67 Å². The van der Waals surface area contributed by atoms with E-state index in [4.69, 9.17) is 4.74 Å². The Labute approximate surface area is 134 Å². The highest BCUT2D eigenvalue weighted by Gasteiger charge is 2.19. The summed E-state index contributed by atoms with van der Waals surface area (Å²) in [5.74, 6) is 0.452. The summed E-state index contributed by atoms with van der Waals surface area (Å²) in [5.41, 5.74) is 1.23. The number of aromatic nitrogens is 3. The largest absolute Gasteiger partial charge is 0.383 e. The molecule has 2 aromatic heterocycles. The van der Waals surface area contributed by atoms with E-state index in [1.807, 2.05) is 49.4 Å². The second kappa shape index (κ2) is 6.58. The van der Waals surface area contributed by atoms with E-state index in [0.717, 1.165) is 10.9 Å². The number of rotatable bonds is 5. The summed E-state index contributed by atoms with van der Waals surface area (Å²) in [6, 6.07) is 13.1. The Morgan fingerprint density at radius 1 is 1.26 bits per heavy atom.